The number of ether oxygens (including phenoxy) is 1. The standard InChI is InChI=1S/C19H21Cl2FN4O3/c1-10-15(22)16(26(2)25-10)17(28)24-19-7-18(8-19,9-19)23-14(27)6-29-11-3-4-12(20)13(21)5-11/h3-5,17,24,28H,6-9H2,1-2H3,(H,23,27). The Bertz CT molecular complexity index is 961. The number of benzene rings is 1. The molecular weight excluding hydrogens is 422 g/mol. The summed E-state index contributed by atoms with van der Waals surface area (Å²) in [5.74, 6) is -0.290. The largest absolute Gasteiger partial charge is 0.484 e. The number of rotatable bonds is 7. The van der Waals surface area contributed by atoms with Crippen LogP contribution in [0.3, 0.4) is 0 Å². The summed E-state index contributed by atoms with van der Waals surface area (Å²) in [6.07, 6.45) is 0.823. The van der Waals surface area contributed by atoms with Crippen molar-refractivity contribution in [1.29, 1.82) is 0 Å². The first kappa shape index (κ1) is 20.4. The number of hydrogen-bond acceptors (Lipinski definition) is 5. The normalized spacial score (nSPS) is 25.7. The van der Waals surface area contributed by atoms with E-state index in [1.165, 1.54) is 4.68 Å². The van der Waals surface area contributed by atoms with E-state index < -0.39 is 12.0 Å². The van der Waals surface area contributed by atoms with Gasteiger partial charge in [0.1, 0.15) is 11.4 Å². The van der Waals surface area contributed by atoms with Crippen LogP contribution in [0.4, 0.5) is 4.39 Å². The van der Waals surface area contributed by atoms with E-state index in [-0.39, 0.29) is 35.0 Å². The van der Waals surface area contributed by atoms with Crippen LogP contribution >= 0.6 is 23.2 Å². The van der Waals surface area contributed by atoms with Crippen LogP contribution in [0.2, 0.25) is 10.0 Å². The van der Waals surface area contributed by atoms with Crippen molar-refractivity contribution < 1.29 is 19.0 Å². The zero-order valence-corrected chi connectivity index (χ0v) is 17.4. The lowest BCUT2D eigenvalue weighted by Gasteiger charge is -2.71. The molecule has 7 nitrogen and oxygen atoms in total. The van der Waals surface area contributed by atoms with E-state index in [2.05, 4.69) is 15.7 Å². The van der Waals surface area contributed by atoms with Crippen LogP contribution in [0.15, 0.2) is 18.2 Å². The summed E-state index contributed by atoms with van der Waals surface area (Å²) >= 11 is 11.8. The van der Waals surface area contributed by atoms with Gasteiger partial charge in [-0.2, -0.15) is 5.10 Å². The highest BCUT2D eigenvalue weighted by Gasteiger charge is 2.69. The van der Waals surface area contributed by atoms with Crippen molar-refractivity contribution >= 4 is 29.1 Å². The Morgan fingerprint density at radius 3 is 2.62 bits per heavy atom. The van der Waals surface area contributed by atoms with Crippen LogP contribution in [-0.2, 0) is 11.8 Å². The highest BCUT2D eigenvalue weighted by Crippen LogP contribution is 2.61. The van der Waals surface area contributed by atoms with Gasteiger partial charge in [-0.3, -0.25) is 14.8 Å². The second kappa shape index (κ2) is 7.12. The minimum atomic E-state index is -1.16. The SMILES string of the molecule is Cc1nn(C)c(C(O)NC23CC(NC(=O)COc4ccc(Cl)c(Cl)c4)(C2)C3)c1F. The smallest absolute Gasteiger partial charge is 0.258 e. The zero-order chi connectivity index (χ0) is 21.0. The molecule has 10 heteroatoms. The average molecular weight is 443 g/mol. The molecule has 3 aliphatic rings. The number of carbonyl (C=O) groups excluding carboxylic acids is 1. The summed E-state index contributed by atoms with van der Waals surface area (Å²) in [7, 11) is 1.59. The number of aryl methyl sites for hydroxylation is 2. The highest BCUT2D eigenvalue weighted by atomic mass is 35.5. The van der Waals surface area contributed by atoms with Crippen molar-refractivity contribution in [3.63, 3.8) is 0 Å². The van der Waals surface area contributed by atoms with Crippen molar-refractivity contribution in [2.75, 3.05) is 6.61 Å². The Morgan fingerprint density at radius 2 is 2.03 bits per heavy atom. The van der Waals surface area contributed by atoms with Gasteiger partial charge in [0.25, 0.3) is 5.91 Å². The number of hydrogen-bond donors (Lipinski definition) is 3. The fourth-order valence-corrected chi connectivity index (χ4v) is 4.71. The molecule has 2 bridgehead atoms. The van der Waals surface area contributed by atoms with Crippen LogP contribution in [0.25, 0.3) is 0 Å². The van der Waals surface area contributed by atoms with Crippen molar-refractivity contribution in [3.8, 4) is 5.75 Å². The number of nitrogens with zero attached hydrogens (tertiary/aromatic N) is 2. The fraction of sp³-hybridized carbons (Fsp3) is 0.474. The van der Waals surface area contributed by atoms with E-state index >= 15 is 0 Å². The minimum absolute atomic E-state index is 0.111. The van der Waals surface area contributed by atoms with Crippen LogP contribution < -0.4 is 15.4 Å². The first-order valence-electron chi connectivity index (χ1n) is 9.16. The van der Waals surface area contributed by atoms with E-state index in [1.54, 1.807) is 32.2 Å². The van der Waals surface area contributed by atoms with Crippen LogP contribution in [0.5, 0.6) is 5.75 Å². The van der Waals surface area contributed by atoms with E-state index in [4.69, 9.17) is 27.9 Å². The van der Waals surface area contributed by atoms with E-state index in [0.29, 0.717) is 35.1 Å². The Hall–Kier alpha value is -1.87. The maximum absolute atomic E-state index is 14.1. The molecule has 0 spiro atoms. The molecule has 1 aromatic heterocycles. The van der Waals surface area contributed by atoms with Gasteiger partial charge in [-0.05, 0) is 38.3 Å². The van der Waals surface area contributed by atoms with Crippen molar-refractivity contribution in [1.82, 2.24) is 20.4 Å². The molecule has 1 aromatic carbocycles. The molecule has 3 saturated carbocycles. The molecule has 1 heterocycles. The van der Waals surface area contributed by atoms with Gasteiger partial charge in [-0.15, -0.1) is 0 Å². The van der Waals surface area contributed by atoms with E-state index in [9.17, 15) is 14.3 Å². The van der Waals surface area contributed by atoms with Gasteiger partial charge >= 0.3 is 0 Å². The summed E-state index contributed by atoms with van der Waals surface area (Å²) in [4.78, 5) is 12.2. The van der Waals surface area contributed by atoms with Gasteiger partial charge < -0.3 is 15.2 Å². The van der Waals surface area contributed by atoms with Gasteiger partial charge in [0.2, 0.25) is 0 Å². The topological polar surface area (TPSA) is 88.4 Å². The molecule has 5 rings (SSSR count). The molecule has 3 aliphatic carbocycles. The number of halogens is 3. The van der Waals surface area contributed by atoms with Crippen LogP contribution in [-0.4, -0.2) is 38.5 Å². The Morgan fingerprint density at radius 1 is 1.34 bits per heavy atom. The first-order valence-corrected chi connectivity index (χ1v) is 9.91. The molecule has 3 fully saturated rings. The number of carbonyl (C=O) groups is 1. The van der Waals surface area contributed by atoms with Gasteiger partial charge in [0, 0.05) is 24.2 Å². The maximum Gasteiger partial charge on any atom is 0.258 e. The number of aliphatic hydroxyl groups excluding tert-OH is 1. The lowest BCUT2D eigenvalue weighted by molar-refractivity contribution is -0.151. The predicted octanol–water partition coefficient (Wildman–Crippen LogP) is 2.63. The number of aromatic nitrogens is 2. The molecule has 1 unspecified atom stereocenters. The summed E-state index contributed by atoms with van der Waals surface area (Å²) in [5, 5.41) is 21.2. The lowest BCUT2D eigenvalue weighted by Crippen LogP contribution is -2.83. The third-order valence-electron chi connectivity index (χ3n) is 5.59. The molecular formula is C19H21Cl2FN4O3. The van der Waals surface area contributed by atoms with Gasteiger partial charge in [0.15, 0.2) is 18.7 Å². The molecule has 3 N–H and O–H groups in total. The zero-order valence-electron chi connectivity index (χ0n) is 15.9. The molecule has 156 valence electrons. The molecule has 1 atom stereocenters. The van der Waals surface area contributed by atoms with Crippen LogP contribution in [0.1, 0.15) is 36.9 Å². The summed E-state index contributed by atoms with van der Waals surface area (Å²) < 4.78 is 20.9. The fourth-order valence-electron chi connectivity index (χ4n) is 4.43. The maximum atomic E-state index is 14.1. The monoisotopic (exact) mass is 442 g/mol. The van der Waals surface area contributed by atoms with Gasteiger partial charge in [-0.25, -0.2) is 4.39 Å². The van der Waals surface area contributed by atoms with Crippen LogP contribution in [0, 0.1) is 12.7 Å². The predicted molar refractivity (Wildman–Crippen MR) is 105 cm³/mol. The molecule has 0 aliphatic heterocycles. The molecule has 29 heavy (non-hydrogen) atoms. The van der Waals surface area contributed by atoms with E-state index in [1.807, 2.05) is 0 Å². The molecule has 2 aromatic rings. The summed E-state index contributed by atoms with van der Waals surface area (Å²) in [6.45, 7) is 1.42. The second-order valence-corrected chi connectivity index (χ2v) is 8.77. The third-order valence-corrected chi connectivity index (χ3v) is 6.33. The Balaban J connectivity index is 1.26. The third kappa shape index (κ3) is 3.70. The average Bonchev–Trinajstić information content (AvgIpc) is 2.85. The Kier molecular flexibility index (Phi) is 5.01. The number of amides is 1. The molecule has 0 radical (unpaired) electrons. The quantitative estimate of drug-likeness (QED) is 0.573. The van der Waals surface area contributed by atoms with Gasteiger partial charge in [0.05, 0.1) is 15.7 Å². The second-order valence-electron chi connectivity index (χ2n) is 7.96. The van der Waals surface area contributed by atoms with Crippen molar-refractivity contribution in [3.05, 3.63) is 45.4 Å². The summed E-state index contributed by atoms with van der Waals surface area (Å²) in [5.41, 5.74) is -0.250. The molecule has 0 saturated heterocycles. The number of nitrogens with one attached hydrogen (secondary N) is 2. The Labute approximate surface area is 177 Å². The lowest BCUT2D eigenvalue weighted by atomic mass is 9.44. The molecule has 1 amide bonds. The van der Waals surface area contributed by atoms with E-state index in [0.717, 1.165) is 0 Å². The summed E-state index contributed by atoms with van der Waals surface area (Å²) in [6, 6.07) is 4.80. The van der Waals surface area contributed by atoms with Crippen molar-refractivity contribution in [2.24, 2.45) is 7.05 Å². The number of aliphatic hydroxyl groups is 1. The van der Waals surface area contributed by atoms with Gasteiger partial charge in [-0.1, -0.05) is 23.2 Å². The first-order chi connectivity index (χ1) is 13.6. The highest BCUT2D eigenvalue weighted by molar-refractivity contribution is 6.42. The minimum Gasteiger partial charge on any atom is -0.484 e. The van der Waals surface area contributed by atoms with Crippen molar-refractivity contribution in [2.45, 2.75) is 43.5 Å².